The van der Waals surface area contributed by atoms with Crippen molar-refractivity contribution in [1.29, 1.82) is 0 Å². The quantitative estimate of drug-likeness (QED) is 0.803. The van der Waals surface area contributed by atoms with E-state index in [1.165, 1.54) is 5.56 Å². The van der Waals surface area contributed by atoms with Gasteiger partial charge in [0.05, 0.1) is 6.10 Å². The predicted octanol–water partition coefficient (Wildman–Crippen LogP) is 2.83. The molecule has 0 unspecified atom stereocenters. The molecule has 0 atom stereocenters. The number of likely N-dealkylation sites (tertiary alicyclic amines) is 1. The fourth-order valence-electron chi connectivity index (χ4n) is 2.21. The van der Waals surface area contributed by atoms with E-state index in [1.54, 1.807) is 7.11 Å². The minimum absolute atomic E-state index is 0.130. The first-order valence-corrected chi connectivity index (χ1v) is 7.33. The molecule has 3 nitrogen and oxygen atoms in total. The Bertz CT molecular complexity index is 397. The van der Waals surface area contributed by atoms with Crippen molar-refractivity contribution in [1.82, 2.24) is 4.90 Å². The minimum Gasteiger partial charge on any atom is -0.381 e. The van der Waals surface area contributed by atoms with Crippen molar-refractivity contribution in [2.45, 2.75) is 24.3 Å². The summed E-state index contributed by atoms with van der Waals surface area (Å²) in [5.41, 5.74) is 1.96. The topological polar surface area (TPSA) is 29.5 Å². The van der Waals surface area contributed by atoms with Gasteiger partial charge in [0.1, 0.15) is 0 Å². The van der Waals surface area contributed by atoms with E-state index in [4.69, 9.17) is 4.74 Å². The van der Waals surface area contributed by atoms with E-state index >= 15 is 0 Å². The van der Waals surface area contributed by atoms with E-state index in [-0.39, 0.29) is 5.91 Å². The molecule has 0 bridgehead atoms. The molecule has 1 aliphatic heterocycles. The Morgan fingerprint density at radius 1 is 1.33 bits per heavy atom. The second-order valence-corrected chi connectivity index (χ2v) is 5.12. The molecule has 1 aromatic rings. The highest BCUT2D eigenvalue weighted by Gasteiger charge is 2.23. The van der Waals surface area contributed by atoms with Crippen molar-refractivity contribution in [2.75, 3.05) is 20.2 Å². The van der Waals surface area contributed by atoms with Gasteiger partial charge in [0.25, 0.3) is 5.91 Å². The van der Waals surface area contributed by atoms with Gasteiger partial charge in [-0.3, -0.25) is 4.79 Å². The van der Waals surface area contributed by atoms with Crippen LogP contribution >= 0.6 is 15.9 Å². The van der Waals surface area contributed by atoms with Crippen molar-refractivity contribution in [2.24, 2.45) is 0 Å². The summed E-state index contributed by atoms with van der Waals surface area (Å²) in [7, 11) is 1.74. The van der Waals surface area contributed by atoms with Crippen molar-refractivity contribution < 1.29 is 9.53 Å². The van der Waals surface area contributed by atoms with Crippen LogP contribution in [0.15, 0.2) is 24.3 Å². The van der Waals surface area contributed by atoms with Crippen LogP contribution in [0.25, 0.3) is 0 Å². The number of benzene rings is 1. The molecule has 1 aliphatic rings. The van der Waals surface area contributed by atoms with Gasteiger partial charge >= 0.3 is 0 Å². The second kappa shape index (κ2) is 6.34. The molecule has 2 rings (SSSR count). The molecule has 0 aliphatic carbocycles. The molecule has 1 amide bonds. The Morgan fingerprint density at radius 2 is 1.94 bits per heavy atom. The second-order valence-electron chi connectivity index (χ2n) is 4.56. The van der Waals surface area contributed by atoms with Crippen LogP contribution < -0.4 is 0 Å². The van der Waals surface area contributed by atoms with Crippen molar-refractivity contribution in [3.05, 3.63) is 35.4 Å². The average molecular weight is 312 g/mol. The van der Waals surface area contributed by atoms with Crippen LogP contribution in [0.4, 0.5) is 0 Å². The van der Waals surface area contributed by atoms with Gasteiger partial charge < -0.3 is 9.64 Å². The number of nitrogens with zero attached hydrogens (tertiary/aromatic N) is 1. The molecule has 1 fully saturated rings. The van der Waals surface area contributed by atoms with Gasteiger partial charge in [-0.2, -0.15) is 0 Å². The lowest BCUT2D eigenvalue weighted by Crippen LogP contribution is -2.40. The van der Waals surface area contributed by atoms with E-state index in [2.05, 4.69) is 15.9 Å². The maximum absolute atomic E-state index is 12.3. The van der Waals surface area contributed by atoms with Gasteiger partial charge in [0.2, 0.25) is 0 Å². The number of carbonyl (C=O) groups excluding carboxylic acids is 1. The van der Waals surface area contributed by atoms with Gasteiger partial charge in [-0.15, -0.1) is 0 Å². The van der Waals surface area contributed by atoms with Gasteiger partial charge in [0.15, 0.2) is 0 Å². The zero-order valence-corrected chi connectivity index (χ0v) is 12.1. The monoisotopic (exact) mass is 311 g/mol. The number of halogens is 1. The summed E-state index contributed by atoms with van der Waals surface area (Å²) in [6.45, 7) is 1.58. The number of hydrogen-bond acceptors (Lipinski definition) is 2. The first kappa shape index (κ1) is 13.6. The van der Waals surface area contributed by atoms with Gasteiger partial charge in [-0.05, 0) is 30.5 Å². The smallest absolute Gasteiger partial charge is 0.253 e. The lowest BCUT2D eigenvalue weighted by atomic mass is 10.1. The van der Waals surface area contributed by atoms with Crippen LogP contribution in [0, 0.1) is 0 Å². The summed E-state index contributed by atoms with van der Waals surface area (Å²) in [5.74, 6) is 0.130. The van der Waals surface area contributed by atoms with E-state index in [0.29, 0.717) is 6.10 Å². The molecule has 1 saturated heterocycles. The summed E-state index contributed by atoms with van der Waals surface area (Å²) in [4.78, 5) is 14.2. The normalized spacial score (nSPS) is 16.9. The first-order chi connectivity index (χ1) is 8.74. The van der Waals surface area contributed by atoms with Crippen LogP contribution in [0.1, 0.15) is 28.8 Å². The largest absolute Gasteiger partial charge is 0.381 e. The molecule has 18 heavy (non-hydrogen) atoms. The maximum atomic E-state index is 12.3. The fraction of sp³-hybridized carbons (Fsp3) is 0.500. The molecule has 98 valence electrons. The Morgan fingerprint density at radius 3 is 2.44 bits per heavy atom. The SMILES string of the molecule is COC1CCN(C(=O)c2ccc(CBr)cc2)CC1. The predicted molar refractivity (Wildman–Crippen MR) is 75.0 cm³/mol. The number of carbonyl (C=O) groups is 1. The van der Waals surface area contributed by atoms with E-state index < -0.39 is 0 Å². The van der Waals surface area contributed by atoms with Gasteiger partial charge in [-0.1, -0.05) is 28.1 Å². The number of piperidine rings is 1. The molecule has 0 N–H and O–H groups in total. The van der Waals surface area contributed by atoms with E-state index in [9.17, 15) is 4.79 Å². The highest BCUT2D eigenvalue weighted by Crippen LogP contribution is 2.16. The van der Waals surface area contributed by atoms with Gasteiger partial charge in [0, 0.05) is 31.1 Å². The minimum atomic E-state index is 0.130. The van der Waals surface area contributed by atoms with Crippen LogP contribution in [0.2, 0.25) is 0 Å². The zero-order valence-electron chi connectivity index (χ0n) is 10.6. The van der Waals surface area contributed by atoms with E-state index in [0.717, 1.165) is 36.8 Å². The zero-order chi connectivity index (χ0) is 13.0. The number of methoxy groups -OCH3 is 1. The number of rotatable bonds is 3. The highest BCUT2D eigenvalue weighted by atomic mass is 79.9. The molecule has 0 saturated carbocycles. The van der Waals surface area contributed by atoms with E-state index in [1.807, 2.05) is 29.2 Å². The molecule has 0 spiro atoms. The number of hydrogen-bond donors (Lipinski definition) is 0. The summed E-state index contributed by atoms with van der Waals surface area (Å²) >= 11 is 3.40. The Kier molecular flexibility index (Phi) is 4.78. The van der Waals surface area contributed by atoms with Crippen LogP contribution in [0.3, 0.4) is 0 Å². The maximum Gasteiger partial charge on any atom is 0.253 e. The summed E-state index contributed by atoms with van der Waals surface area (Å²) in [6.07, 6.45) is 2.17. The third-order valence-electron chi connectivity index (χ3n) is 3.42. The lowest BCUT2D eigenvalue weighted by molar-refractivity contribution is 0.0351. The van der Waals surface area contributed by atoms with Crippen LogP contribution in [0.5, 0.6) is 0 Å². The highest BCUT2D eigenvalue weighted by molar-refractivity contribution is 9.08. The van der Waals surface area contributed by atoms with Crippen molar-refractivity contribution in [3.63, 3.8) is 0 Å². The summed E-state index contributed by atoms with van der Waals surface area (Å²) in [5, 5.41) is 0.820. The molecule has 4 heteroatoms. The molecular formula is C14H18BrNO2. The Labute approximate surface area is 116 Å². The average Bonchev–Trinajstić information content (AvgIpc) is 2.47. The standard InChI is InChI=1S/C14H18BrNO2/c1-18-13-6-8-16(9-7-13)14(17)12-4-2-11(10-15)3-5-12/h2-5,13H,6-10H2,1H3. The van der Waals surface area contributed by atoms with Crippen LogP contribution in [-0.2, 0) is 10.1 Å². The number of amides is 1. The molecule has 1 aromatic carbocycles. The van der Waals surface area contributed by atoms with Crippen LogP contribution in [-0.4, -0.2) is 37.1 Å². The summed E-state index contributed by atoms with van der Waals surface area (Å²) < 4.78 is 5.31. The summed E-state index contributed by atoms with van der Waals surface area (Å²) in [6, 6.07) is 7.79. The third kappa shape index (κ3) is 3.12. The molecule has 0 radical (unpaired) electrons. The van der Waals surface area contributed by atoms with Crippen molar-refractivity contribution >= 4 is 21.8 Å². The Balaban J connectivity index is 1.98. The molecule has 1 heterocycles. The fourth-order valence-corrected chi connectivity index (χ4v) is 2.59. The number of alkyl halides is 1. The first-order valence-electron chi connectivity index (χ1n) is 6.21. The number of ether oxygens (including phenoxy) is 1. The Hall–Kier alpha value is -0.870. The van der Waals surface area contributed by atoms with Gasteiger partial charge in [-0.25, -0.2) is 0 Å². The molecule has 0 aromatic heterocycles. The third-order valence-corrected chi connectivity index (χ3v) is 4.07. The lowest BCUT2D eigenvalue weighted by Gasteiger charge is -2.31. The van der Waals surface area contributed by atoms with Crippen molar-refractivity contribution in [3.8, 4) is 0 Å². The molecular weight excluding hydrogens is 294 g/mol.